The number of esters is 2. The highest BCUT2D eigenvalue weighted by Gasteiger charge is 2.41. The molecule has 4 heteroatoms. The quantitative estimate of drug-likeness (QED) is 0.694. The fourth-order valence-corrected chi connectivity index (χ4v) is 1.99. The molecule has 1 heterocycles. The van der Waals surface area contributed by atoms with E-state index in [2.05, 4.69) is 0 Å². The summed E-state index contributed by atoms with van der Waals surface area (Å²) in [5, 5.41) is 0. The van der Waals surface area contributed by atoms with Crippen molar-refractivity contribution < 1.29 is 19.1 Å². The van der Waals surface area contributed by atoms with Gasteiger partial charge < -0.3 is 9.47 Å². The molecule has 2 atom stereocenters. The standard InChI is InChI=1S/C13H22O4/c1-5-7-13(4,9(2)3)12(15)17-10-6-8-16-11(10)14/h9-10H,5-8H2,1-4H3. The maximum absolute atomic E-state index is 12.2. The van der Waals surface area contributed by atoms with E-state index in [0.29, 0.717) is 13.0 Å². The zero-order valence-electron chi connectivity index (χ0n) is 11.1. The van der Waals surface area contributed by atoms with E-state index < -0.39 is 17.5 Å². The number of carbonyl (C=O) groups is 2. The van der Waals surface area contributed by atoms with Crippen LogP contribution in [0.5, 0.6) is 0 Å². The third kappa shape index (κ3) is 2.99. The molecule has 1 rings (SSSR count). The van der Waals surface area contributed by atoms with E-state index >= 15 is 0 Å². The van der Waals surface area contributed by atoms with Gasteiger partial charge in [0.2, 0.25) is 6.10 Å². The van der Waals surface area contributed by atoms with Crippen LogP contribution in [0.2, 0.25) is 0 Å². The summed E-state index contributed by atoms with van der Waals surface area (Å²) in [6.45, 7) is 8.30. The van der Waals surface area contributed by atoms with E-state index in [1.54, 1.807) is 0 Å². The van der Waals surface area contributed by atoms with E-state index in [1.165, 1.54) is 0 Å². The Labute approximate surface area is 103 Å². The Morgan fingerprint density at radius 3 is 2.65 bits per heavy atom. The third-order valence-electron chi connectivity index (χ3n) is 3.65. The summed E-state index contributed by atoms with van der Waals surface area (Å²) in [7, 11) is 0. The Balaban J connectivity index is 2.68. The number of hydrogen-bond donors (Lipinski definition) is 0. The molecule has 1 saturated heterocycles. The molecule has 1 fully saturated rings. The van der Waals surface area contributed by atoms with E-state index in [0.717, 1.165) is 12.8 Å². The van der Waals surface area contributed by atoms with Gasteiger partial charge in [-0.15, -0.1) is 0 Å². The van der Waals surface area contributed by atoms with Gasteiger partial charge in [0, 0.05) is 6.42 Å². The van der Waals surface area contributed by atoms with E-state index in [1.807, 2.05) is 27.7 Å². The Bertz CT molecular complexity index is 298. The van der Waals surface area contributed by atoms with Crippen LogP contribution in [0, 0.1) is 11.3 Å². The average molecular weight is 242 g/mol. The lowest BCUT2D eigenvalue weighted by molar-refractivity contribution is -0.170. The summed E-state index contributed by atoms with van der Waals surface area (Å²) in [5.74, 6) is -0.508. The lowest BCUT2D eigenvalue weighted by Crippen LogP contribution is -2.38. The molecule has 17 heavy (non-hydrogen) atoms. The molecule has 0 radical (unpaired) electrons. The maximum atomic E-state index is 12.2. The maximum Gasteiger partial charge on any atom is 0.347 e. The number of ether oxygens (including phenoxy) is 2. The molecule has 0 bridgehead atoms. The fourth-order valence-electron chi connectivity index (χ4n) is 1.99. The molecule has 1 aliphatic heterocycles. The SMILES string of the molecule is CCCC(C)(C(=O)OC1CCOC1=O)C(C)C. The van der Waals surface area contributed by atoms with Crippen molar-refractivity contribution in [2.75, 3.05) is 6.61 Å². The van der Waals surface area contributed by atoms with E-state index in [9.17, 15) is 9.59 Å². The minimum atomic E-state index is -0.697. The van der Waals surface area contributed by atoms with Crippen LogP contribution in [0.4, 0.5) is 0 Å². The molecule has 2 unspecified atom stereocenters. The lowest BCUT2D eigenvalue weighted by atomic mass is 9.75. The van der Waals surface area contributed by atoms with Crippen LogP contribution in [0.25, 0.3) is 0 Å². The highest BCUT2D eigenvalue weighted by atomic mass is 16.6. The summed E-state index contributed by atoms with van der Waals surface area (Å²) < 4.78 is 10.1. The van der Waals surface area contributed by atoms with Crippen LogP contribution >= 0.6 is 0 Å². The average Bonchev–Trinajstić information content (AvgIpc) is 2.64. The molecule has 1 aliphatic rings. The zero-order chi connectivity index (χ0) is 13.1. The summed E-state index contributed by atoms with van der Waals surface area (Å²) in [6.07, 6.45) is 1.46. The van der Waals surface area contributed by atoms with Gasteiger partial charge in [0.15, 0.2) is 0 Å². The van der Waals surface area contributed by atoms with Gasteiger partial charge in [-0.2, -0.15) is 0 Å². The van der Waals surface area contributed by atoms with Gasteiger partial charge in [0.1, 0.15) is 0 Å². The fraction of sp³-hybridized carbons (Fsp3) is 0.846. The topological polar surface area (TPSA) is 52.6 Å². The molecule has 0 saturated carbocycles. The van der Waals surface area contributed by atoms with Crippen LogP contribution in [-0.2, 0) is 19.1 Å². The second-order valence-electron chi connectivity index (χ2n) is 5.17. The van der Waals surface area contributed by atoms with Crippen molar-refractivity contribution in [1.29, 1.82) is 0 Å². The van der Waals surface area contributed by atoms with Gasteiger partial charge in [-0.3, -0.25) is 4.79 Å². The summed E-state index contributed by atoms with van der Waals surface area (Å²) in [6, 6.07) is 0. The highest BCUT2D eigenvalue weighted by Crippen LogP contribution is 2.34. The van der Waals surface area contributed by atoms with Crippen LogP contribution in [-0.4, -0.2) is 24.6 Å². The molecular weight excluding hydrogens is 220 g/mol. The summed E-state index contributed by atoms with van der Waals surface area (Å²) >= 11 is 0. The van der Waals surface area contributed by atoms with Crippen LogP contribution in [0.1, 0.15) is 47.0 Å². The molecule has 0 amide bonds. The molecule has 0 aliphatic carbocycles. The summed E-state index contributed by atoms with van der Waals surface area (Å²) in [4.78, 5) is 23.4. The number of carbonyl (C=O) groups excluding carboxylic acids is 2. The van der Waals surface area contributed by atoms with Crippen LogP contribution < -0.4 is 0 Å². The predicted molar refractivity (Wildman–Crippen MR) is 63.3 cm³/mol. The van der Waals surface area contributed by atoms with Crippen molar-refractivity contribution in [3.8, 4) is 0 Å². The molecular formula is C13H22O4. The molecule has 0 spiro atoms. The van der Waals surface area contributed by atoms with Gasteiger partial charge in [-0.05, 0) is 19.3 Å². The summed E-state index contributed by atoms with van der Waals surface area (Å²) in [5.41, 5.74) is -0.516. The number of rotatable bonds is 5. The first-order valence-corrected chi connectivity index (χ1v) is 6.29. The molecule has 0 aromatic carbocycles. The smallest absolute Gasteiger partial charge is 0.347 e. The van der Waals surface area contributed by atoms with Crippen molar-refractivity contribution in [1.82, 2.24) is 0 Å². The normalized spacial score (nSPS) is 23.4. The van der Waals surface area contributed by atoms with Gasteiger partial charge in [-0.25, -0.2) is 4.79 Å². The Morgan fingerprint density at radius 1 is 1.59 bits per heavy atom. The first-order chi connectivity index (χ1) is 7.91. The van der Waals surface area contributed by atoms with Crippen molar-refractivity contribution >= 4 is 11.9 Å². The van der Waals surface area contributed by atoms with E-state index in [-0.39, 0.29) is 11.9 Å². The van der Waals surface area contributed by atoms with Crippen LogP contribution in [0.3, 0.4) is 0 Å². The van der Waals surface area contributed by atoms with Crippen molar-refractivity contribution in [2.24, 2.45) is 11.3 Å². The van der Waals surface area contributed by atoms with Gasteiger partial charge in [0.05, 0.1) is 12.0 Å². The number of cyclic esters (lactones) is 1. The molecule has 98 valence electrons. The van der Waals surface area contributed by atoms with Crippen molar-refractivity contribution in [3.63, 3.8) is 0 Å². The molecule has 4 nitrogen and oxygen atoms in total. The second kappa shape index (κ2) is 5.52. The zero-order valence-corrected chi connectivity index (χ0v) is 11.1. The lowest BCUT2D eigenvalue weighted by Gasteiger charge is -2.31. The van der Waals surface area contributed by atoms with Crippen molar-refractivity contribution in [3.05, 3.63) is 0 Å². The predicted octanol–water partition coefficient (Wildman–Crippen LogP) is 2.31. The van der Waals surface area contributed by atoms with E-state index in [4.69, 9.17) is 9.47 Å². The van der Waals surface area contributed by atoms with Crippen molar-refractivity contribution in [2.45, 2.75) is 53.1 Å². The van der Waals surface area contributed by atoms with Gasteiger partial charge in [-0.1, -0.05) is 27.2 Å². The van der Waals surface area contributed by atoms with Crippen LogP contribution in [0.15, 0.2) is 0 Å². The Morgan fingerprint density at radius 2 is 2.24 bits per heavy atom. The minimum absolute atomic E-state index is 0.187. The number of hydrogen-bond acceptors (Lipinski definition) is 4. The minimum Gasteiger partial charge on any atom is -0.463 e. The highest BCUT2D eigenvalue weighted by molar-refractivity contribution is 5.83. The first kappa shape index (κ1) is 14.0. The molecule has 0 N–H and O–H groups in total. The first-order valence-electron chi connectivity index (χ1n) is 6.29. The monoisotopic (exact) mass is 242 g/mol. The Kier molecular flexibility index (Phi) is 4.54. The molecule has 0 aromatic rings. The Hall–Kier alpha value is -1.06. The second-order valence-corrected chi connectivity index (χ2v) is 5.17. The van der Waals surface area contributed by atoms with Gasteiger partial charge in [0.25, 0.3) is 0 Å². The third-order valence-corrected chi connectivity index (χ3v) is 3.65. The van der Waals surface area contributed by atoms with Gasteiger partial charge >= 0.3 is 11.9 Å². The largest absolute Gasteiger partial charge is 0.463 e. The molecule has 0 aromatic heterocycles.